The Balaban J connectivity index is 2.35. The van der Waals surface area contributed by atoms with E-state index in [0.717, 1.165) is 35.3 Å². The fourth-order valence-electron chi connectivity index (χ4n) is 2.48. The second-order valence-corrected chi connectivity index (χ2v) is 5.56. The largest absolute Gasteiger partial charge is 0.486 e. The van der Waals surface area contributed by atoms with E-state index >= 15 is 0 Å². The van der Waals surface area contributed by atoms with Gasteiger partial charge >= 0.3 is 0 Å². The molecule has 0 radical (unpaired) electrons. The van der Waals surface area contributed by atoms with Crippen molar-refractivity contribution < 1.29 is 14.9 Å². The van der Waals surface area contributed by atoms with Gasteiger partial charge in [0.15, 0.2) is 0 Å². The Labute approximate surface area is 108 Å². The average Bonchev–Trinajstić information content (AvgIpc) is 2.72. The van der Waals surface area contributed by atoms with Crippen LogP contribution < -0.4 is 4.74 Å². The standard InChI is InChI=1S/C15H22O3/c1-4-5-10-6-7-11-8-13(15(2,3)17)18-14(11)12(10)9-16/h6-7,13,16-17H,4-5,8-9H2,1-3H3/t13-/m1/s1. The van der Waals surface area contributed by atoms with Crippen LogP contribution in [0.2, 0.25) is 0 Å². The third kappa shape index (κ3) is 2.38. The van der Waals surface area contributed by atoms with Gasteiger partial charge < -0.3 is 14.9 Å². The molecule has 3 heteroatoms. The van der Waals surface area contributed by atoms with Crippen LogP contribution in [0.1, 0.15) is 43.9 Å². The summed E-state index contributed by atoms with van der Waals surface area (Å²) in [6.45, 7) is 5.64. The Morgan fingerprint density at radius 1 is 1.39 bits per heavy atom. The molecule has 1 atom stereocenters. The minimum absolute atomic E-state index is 0.00289. The summed E-state index contributed by atoms with van der Waals surface area (Å²) in [4.78, 5) is 0. The fraction of sp³-hybridized carbons (Fsp3) is 0.600. The summed E-state index contributed by atoms with van der Waals surface area (Å²) in [5, 5.41) is 19.6. The molecule has 100 valence electrons. The second kappa shape index (κ2) is 4.90. The van der Waals surface area contributed by atoms with Crippen LogP contribution in [0, 0.1) is 0 Å². The van der Waals surface area contributed by atoms with Crippen LogP contribution >= 0.6 is 0 Å². The van der Waals surface area contributed by atoms with Crippen molar-refractivity contribution in [2.45, 2.75) is 58.3 Å². The number of fused-ring (bicyclic) bond motifs is 1. The van der Waals surface area contributed by atoms with E-state index in [-0.39, 0.29) is 12.7 Å². The molecular weight excluding hydrogens is 228 g/mol. The molecule has 1 aliphatic heterocycles. The number of ether oxygens (including phenoxy) is 1. The molecular formula is C15H22O3. The zero-order chi connectivity index (χ0) is 13.3. The van der Waals surface area contributed by atoms with Crippen molar-refractivity contribution in [3.8, 4) is 5.75 Å². The Bertz CT molecular complexity index is 432. The smallest absolute Gasteiger partial charge is 0.131 e. The summed E-state index contributed by atoms with van der Waals surface area (Å²) >= 11 is 0. The van der Waals surface area contributed by atoms with Crippen molar-refractivity contribution in [2.75, 3.05) is 0 Å². The second-order valence-electron chi connectivity index (χ2n) is 5.56. The van der Waals surface area contributed by atoms with Crippen LogP contribution in [-0.2, 0) is 19.4 Å². The van der Waals surface area contributed by atoms with Gasteiger partial charge in [0.2, 0.25) is 0 Å². The average molecular weight is 250 g/mol. The molecule has 0 saturated heterocycles. The number of aliphatic hydroxyl groups is 2. The van der Waals surface area contributed by atoms with E-state index in [9.17, 15) is 10.2 Å². The predicted octanol–water partition coefficient (Wildman–Crippen LogP) is 2.21. The van der Waals surface area contributed by atoms with Crippen LogP contribution in [0.4, 0.5) is 0 Å². The number of aryl methyl sites for hydroxylation is 1. The molecule has 1 aliphatic rings. The lowest BCUT2D eigenvalue weighted by Gasteiger charge is -2.25. The minimum Gasteiger partial charge on any atom is -0.486 e. The molecule has 0 saturated carbocycles. The van der Waals surface area contributed by atoms with Gasteiger partial charge in [-0.1, -0.05) is 25.5 Å². The third-order valence-electron chi connectivity index (χ3n) is 3.57. The molecule has 2 N–H and O–H groups in total. The number of rotatable bonds is 4. The summed E-state index contributed by atoms with van der Waals surface area (Å²) in [6.07, 6.45) is 2.47. The summed E-state index contributed by atoms with van der Waals surface area (Å²) in [5.41, 5.74) is 2.26. The predicted molar refractivity (Wildman–Crippen MR) is 70.8 cm³/mol. The lowest BCUT2D eigenvalue weighted by atomic mass is 9.95. The first-order chi connectivity index (χ1) is 8.47. The minimum atomic E-state index is -0.864. The SMILES string of the molecule is CCCc1ccc2c(c1CO)O[C@@H](C(C)(C)O)C2. The molecule has 18 heavy (non-hydrogen) atoms. The molecule has 2 rings (SSSR count). The van der Waals surface area contributed by atoms with E-state index in [1.54, 1.807) is 13.8 Å². The molecule has 1 heterocycles. The molecule has 1 aromatic rings. The molecule has 0 bridgehead atoms. The maximum atomic E-state index is 10.0. The van der Waals surface area contributed by atoms with Crippen molar-refractivity contribution in [1.82, 2.24) is 0 Å². The van der Waals surface area contributed by atoms with Crippen molar-refractivity contribution in [3.05, 3.63) is 28.8 Å². The van der Waals surface area contributed by atoms with Crippen LogP contribution in [0.15, 0.2) is 12.1 Å². The zero-order valence-corrected chi connectivity index (χ0v) is 11.4. The monoisotopic (exact) mass is 250 g/mol. The van der Waals surface area contributed by atoms with Gasteiger partial charge in [-0.15, -0.1) is 0 Å². The lowest BCUT2D eigenvalue weighted by molar-refractivity contribution is -0.0235. The van der Waals surface area contributed by atoms with E-state index in [1.165, 1.54) is 0 Å². The van der Waals surface area contributed by atoms with E-state index < -0.39 is 5.60 Å². The van der Waals surface area contributed by atoms with E-state index in [0.29, 0.717) is 6.42 Å². The quantitative estimate of drug-likeness (QED) is 0.861. The highest BCUT2D eigenvalue weighted by atomic mass is 16.5. The molecule has 0 spiro atoms. The molecule has 0 aromatic heterocycles. The van der Waals surface area contributed by atoms with Crippen molar-refractivity contribution in [1.29, 1.82) is 0 Å². The Morgan fingerprint density at radius 2 is 2.11 bits per heavy atom. The Hall–Kier alpha value is -1.06. The van der Waals surface area contributed by atoms with Gasteiger partial charge in [0.1, 0.15) is 11.9 Å². The van der Waals surface area contributed by atoms with Gasteiger partial charge in [-0.3, -0.25) is 0 Å². The molecule has 0 aliphatic carbocycles. The maximum Gasteiger partial charge on any atom is 0.131 e. The maximum absolute atomic E-state index is 10.0. The van der Waals surface area contributed by atoms with Gasteiger partial charge in [-0.05, 0) is 31.4 Å². The normalized spacial score (nSPS) is 18.6. The number of hydrogen-bond donors (Lipinski definition) is 2. The molecule has 1 aromatic carbocycles. The van der Waals surface area contributed by atoms with Gasteiger partial charge in [-0.2, -0.15) is 0 Å². The molecule has 0 fully saturated rings. The summed E-state index contributed by atoms with van der Waals surface area (Å²) in [5.74, 6) is 0.788. The number of benzene rings is 1. The molecule has 0 unspecified atom stereocenters. The highest BCUT2D eigenvalue weighted by Gasteiger charge is 2.36. The highest BCUT2D eigenvalue weighted by molar-refractivity contribution is 5.49. The van der Waals surface area contributed by atoms with E-state index in [1.807, 2.05) is 0 Å². The van der Waals surface area contributed by atoms with Crippen LogP contribution in [0.25, 0.3) is 0 Å². The van der Waals surface area contributed by atoms with Crippen molar-refractivity contribution in [3.63, 3.8) is 0 Å². The van der Waals surface area contributed by atoms with Gasteiger partial charge in [0.05, 0.1) is 12.2 Å². The van der Waals surface area contributed by atoms with Crippen LogP contribution in [-0.4, -0.2) is 21.9 Å². The summed E-state index contributed by atoms with van der Waals surface area (Å²) < 4.78 is 5.87. The van der Waals surface area contributed by atoms with Crippen LogP contribution in [0.5, 0.6) is 5.75 Å². The summed E-state index contributed by atoms with van der Waals surface area (Å²) in [6, 6.07) is 4.13. The molecule has 3 nitrogen and oxygen atoms in total. The summed E-state index contributed by atoms with van der Waals surface area (Å²) in [7, 11) is 0. The zero-order valence-electron chi connectivity index (χ0n) is 11.4. The lowest BCUT2D eigenvalue weighted by Crippen LogP contribution is -2.39. The topological polar surface area (TPSA) is 49.7 Å². The van der Waals surface area contributed by atoms with Gasteiger partial charge in [-0.25, -0.2) is 0 Å². The van der Waals surface area contributed by atoms with Crippen molar-refractivity contribution in [2.24, 2.45) is 0 Å². The number of hydrogen-bond acceptors (Lipinski definition) is 3. The van der Waals surface area contributed by atoms with E-state index in [2.05, 4.69) is 19.1 Å². The Morgan fingerprint density at radius 3 is 2.67 bits per heavy atom. The van der Waals surface area contributed by atoms with Crippen LogP contribution in [0.3, 0.4) is 0 Å². The number of aliphatic hydroxyl groups excluding tert-OH is 1. The highest BCUT2D eigenvalue weighted by Crippen LogP contribution is 2.38. The molecule has 0 amide bonds. The first-order valence-electron chi connectivity index (χ1n) is 6.61. The first-order valence-corrected chi connectivity index (χ1v) is 6.61. The van der Waals surface area contributed by atoms with E-state index in [4.69, 9.17) is 4.74 Å². The first kappa shape index (κ1) is 13.4. The van der Waals surface area contributed by atoms with Crippen molar-refractivity contribution >= 4 is 0 Å². The van der Waals surface area contributed by atoms with Gasteiger partial charge in [0.25, 0.3) is 0 Å². The Kier molecular flexibility index (Phi) is 3.64. The third-order valence-corrected chi connectivity index (χ3v) is 3.57. The fourth-order valence-corrected chi connectivity index (χ4v) is 2.48. The van der Waals surface area contributed by atoms with Gasteiger partial charge in [0, 0.05) is 12.0 Å².